The van der Waals surface area contributed by atoms with Crippen LogP contribution in [0.2, 0.25) is 10.0 Å². The summed E-state index contributed by atoms with van der Waals surface area (Å²) in [4.78, 5) is 27.0. The van der Waals surface area contributed by atoms with Gasteiger partial charge in [-0.3, -0.25) is 9.59 Å². The summed E-state index contributed by atoms with van der Waals surface area (Å²) in [6.45, 7) is 1.04. The maximum absolute atomic E-state index is 12.7. The van der Waals surface area contributed by atoms with E-state index in [0.717, 1.165) is 5.56 Å². The molecular formula is C21H19Cl2NO3. The van der Waals surface area contributed by atoms with Crippen LogP contribution in [0.3, 0.4) is 0 Å². The smallest absolute Gasteiger partial charge is 0.223 e. The van der Waals surface area contributed by atoms with Gasteiger partial charge in [-0.25, -0.2) is 0 Å². The largest absolute Gasteiger partial charge is 0.484 e. The molecule has 2 aliphatic rings. The fourth-order valence-corrected chi connectivity index (χ4v) is 4.36. The Labute approximate surface area is 168 Å². The van der Waals surface area contributed by atoms with E-state index < -0.39 is 5.60 Å². The number of halogens is 2. The predicted octanol–water partition coefficient (Wildman–Crippen LogP) is 4.56. The number of hydrogen-bond acceptors (Lipinski definition) is 3. The maximum atomic E-state index is 12.7. The Morgan fingerprint density at radius 1 is 1.19 bits per heavy atom. The van der Waals surface area contributed by atoms with E-state index in [0.29, 0.717) is 60.1 Å². The summed E-state index contributed by atoms with van der Waals surface area (Å²) < 4.78 is 6.18. The fraction of sp³-hybridized carbons (Fsp3) is 0.333. The molecule has 0 N–H and O–H groups in total. The third-order valence-electron chi connectivity index (χ3n) is 5.29. The van der Waals surface area contributed by atoms with E-state index in [-0.39, 0.29) is 11.7 Å². The lowest BCUT2D eigenvalue weighted by molar-refractivity contribution is -0.130. The molecule has 2 aromatic carbocycles. The lowest BCUT2D eigenvalue weighted by Crippen LogP contribution is -2.45. The Morgan fingerprint density at radius 3 is 2.81 bits per heavy atom. The number of benzene rings is 2. The number of Topliss-reactive ketones (excluding diaryl/α,β-unsaturated/α-hetero) is 1. The maximum Gasteiger partial charge on any atom is 0.223 e. The molecule has 140 valence electrons. The molecule has 0 saturated carbocycles. The summed E-state index contributed by atoms with van der Waals surface area (Å²) in [6.07, 6.45) is 1.90. The molecule has 4 rings (SSSR count). The number of carbonyl (C=O) groups is 2. The van der Waals surface area contributed by atoms with E-state index >= 15 is 0 Å². The van der Waals surface area contributed by atoms with Gasteiger partial charge in [-0.2, -0.15) is 0 Å². The van der Waals surface area contributed by atoms with Crippen molar-refractivity contribution in [3.63, 3.8) is 0 Å². The van der Waals surface area contributed by atoms with Crippen molar-refractivity contribution in [2.45, 2.75) is 31.3 Å². The third-order valence-corrected chi connectivity index (χ3v) is 5.88. The number of rotatable bonds is 3. The molecule has 2 aromatic rings. The van der Waals surface area contributed by atoms with Gasteiger partial charge < -0.3 is 9.64 Å². The summed E-state index contributed by atoms with van der Waals surface area (Å²) in [5, 5.41) is 1.15. The number of hydrogen-bond donors (Lipinski definition) is 0. The van der Waals surface area contributed by atoms with Crippen molar-refractivity contribution in [1.82, 2.24) is 4.90 Å². The zero-order chi connectivity index (χ0) is 19.0. The molecule has 2 heterocycles. The van der Waals surface area contributed by atoms with Gasteiger partial charge in [0, 0.05) is 29.4 Å². The van der Waals surface area contributed by atoms with E-state index in [1.54, 1.807) is 23.1 Å². The van der Waals surface area contributed by atoms with Gasteiger partial charge in [0.2, 0.25) is 5.91 Å². The molecule has 1 spiro atoms. The van der Waals surface area contributed by atoms with Crippen LogP contribution in [0.4, 0.5) is 0 Å². The first-order valence-electron chi connectivity index (χ1n) is 8.99. The Hall–Kier alpha value is -2.04. The zero-order valence-electron chi connectivity index (χ0n) is 14.7. The minimum Gasteiger partial charge on any atom is -0.484 e. The third kappa shape index (κ3) is 3.69. The van der Waals surface area contributed by atoms with Crippen LogP contribution < -0.4 is 4.74 Å². The van der Waals surface area contributed by atoms with Crippen LogP contribution in [0.5, 0.6) is 5.75 Å². The fourth-order valence-electron chi connectivity index (χ4n) is 3.85. The van der Waals surface area contributed by atoms with E-state index in [1.807, 2.05) is 24.3 Å². The van der Waals surface area contributed by atoms with E-state index in [2.05, 4.69) is 0 Å². The molecule has 2 aliphatic heterocycles. The zero-order valence-corrected chi connectivity index (χ0v) is 16.2. The molecule has 0 radical (unpaired) electrons. The highest BCUT2D eigenvalue weighted by Crippen LogP contribution is 2.38. The number of likely N-dealkylation sites (tertiary alicyclic amines) is 1. The van der Waals surface area contributed by atoms with Gasteiger partial charge in [-0.1, -0.05) is 41.4 Å². The Morgan fingerprint density at radius 2 is 2.00 bits per heavy atom. The monoisotopic (exact) mass is 403 g/mol. The summed E-state index contributed by atoms with van der Waals surface area (Å²) in [5.74, 6) is 0.753. The van der Waals surface area contributed by atoms with Gasteiger partial charge >= 0.3 is 0 Å². The lowest BCUT2D eigenvalue weighted by Gasteiger charge is -2.34. The molecule has 27 heavy (non-hydrogen) atoms. The molecule has 1 unspecified atom stereocenters. The Bertz CT molecular complexity index is 914. The second kappa shape index (κ2) is 7.17. The van der Waals surface area contributed by atoms with Gasteiger partial charge in [-0.05, 0) is 36.2 Å². The highest BCUT2D eigenvalue weighted by atomic mass is 35.5. The van der Waals surface area contributed by atoms with E-state index in [9.17, 15) is 9.59 Å². The molecule has 1 saturated heterocycles. The molecule has 1 fully saturated rings. The lowest BCUT2D eigenvalue weighted by atomic mass is 9.89. The average molecular weight is 404 g/mol. The van der Waals surface area contributed by atoms with Gasteiger partial charge in [0.1, 0.15) is 11.4 Å². The molecule has 0 aromatic heterocycles. The van der Waals surface area contributed by atoms with Crippen molar-refractivity contribution in [2.24, 2.45) is 0 Å². The predicted molar refractivity (Wildman–Crippen MR) is 105 cm³/mol. The van der Waals surface area contributed by atoms with E-state index in [4.69, 9.17) is 27.9 Å². The SMILES string of the molecule is O=C1CC2(CCN(C(=O)CCc3ccc(Cl)cc3Cl)C2)Oc2ccccc21. The van der Waals surface area contributed by atoms with Crippen LogP contribution in [0, 0.1) is 0 Å². The molecule has 1 amide bonds. The Kier molecular flexibility index (Phi) is 4.87. The van der Waals surface area contributed by atoms with Crippen molar-refractivity contribution in [2.75, 3.05) is 13.1 Å². The molecular weight excluding hydrogens is 385 g/mol. The quantitative estimate of drug-likeness (QED) is 0.754. The normalized spacial score (nSPS) is 21.3. The highest BCUT2D eigenvalue weighted by Gasteiger charge is 2.46. The number of ketones is 1. The van der Waals surface area contributed by atoms with Crippen molar-refractivity contribution in [1.29, 1.82) is 0 Å². The average Bonchev–Trinajstić information content (AvgIpc) is 3.04. The number of fused-ring (bicyclic) bond motifs is 1. The summed E-state index contributed by atoms with van der Waals surface area (Å²) in [5.41, 5.74) is 0.936. The molecule has 0 aliphatic carbocycles. The first-order chi connectivity index (χ1) is 13.0. The molecule has 6 heteroatoms. The standard InChI is InChI=1S/C21H19Cl2NO3/c22-15-7-5-14(17(23)11-15)6-8-20(26)24-10-9-21(13-24)12-18(25)16-3-1-2-4-19(16)27-21/h1-5,7,11H,6,8-10,12-13H2. The van der Waals surface area contributed by atoms with Gasteiger partial charge in [0.15, 0.2) is 5.78 Å². The molecule has 1 atom stereocenters. The van der Waals surface area contributed by atoms with E-state index in [1.165, 1.54) is 0 Å². The van der Waals surface area contributed by atoms with Crippen LogP contribution in [0.1, 0.15) is 35.2 Å². The summed E-state index contributed by atoms with van der Waals surface area (Å²) in [7, 11) is 0. The summed E-state index contributed by atoms with van der Waals surface area (Å²) >= 11 is 12.1. The Balaban J connectivity index is 1.41. The second-order valence-corrected chi connectivity index (χ2v) is 8.03. The summed E-state index contributed by atoms with van der Waals surface area (Å²) in [6, 6.07) is 12.6. The number of para-hydroxylation sites is 1. The van der Waals surface area contributed by atoms with Crippen LogP contribution in [-0.2, 0) is 11.2 Å². The molecule has 0 bridgehead atoms. The minimum absolute atomic E-state index is 0.0489. The topological polar surface area (TPSA) is 46.6 Å². The van der Waals surface area contributed by atoms with Crippen molar-refractivity contribution >= 4 is 34.9 Å². The number of carbonyl (C=O) groups excluding carboxylic acids is 2. The first kappa shape index (κ1) is 18.3. The number of ether oxygens (including phenoxy) is 1. The van der Waals surface area contributed by atoms with Crippen molar-refractivity contribution < 1.29 is 14.3 Å². The van der Waals surface area contributed by atoms with Crippen LogP contribution in [0.15, 0.2) is 42.5 Å². The van der Waals surface area contributed by atoms with Crippen molar-refractivity contribution in [3.8, 4) is 5.75 Å². The van der Waals surface area contributed by atoms with Crippen LogP contribution in [0.25, 0.3) is 0 Å². The van der Waals surface area contributed by atoms with Crippen LogP contribution in [-0.4, -0.2) is 35.3 Å². The number of nitrogens with zero attached hydrogens (tertiary/aromatic N) is 1. The van der Waals surface area contributed by atoms with Gasteiger partial charge in [0.25, 0.3) is 0 Å². The van der Waals surface area contributed by atoms with Crippen LogP contribution >= 0.6 is 23.2 Å². The number of amides is 1. The second-order valence-electron chi connectivity index (χ2n) is 7.18. The minimum atomic E-state index is -0.598. The highest BCUT2D eigenvalue weighted by molar-refractivity contribution is 6.35. The van der Waals surface area contributed by atoms with Crippen molar-refractivity contribution in [3.05, 3.63) is 63.6 Å². The van der Waals surface area contributed by atoms with Gasteiger partial charge in [-0.15, -0.1) is 0 Å². The number of aryl methyl sites for hydroxylation is 1. The molecule has 4 nitrogen and oxygen atoms in total. The van der Waals surface area contributed by atoms with Gasteiger partial charge in [0.05, 0.1) is 18.5 Å². The first-order valence-corrected chi connectivity index (χ1v) is 9.74.